The molecular formula is C21H17ClN4O5S2. The smallest absolute Gasteiger partial charge is 0.291 e. The maximum Gasteiger partial charge on any atom is 0.291 e. The SMILES string of the molecule is O=C(CNC(=O)C1c2ccccc2C(=O)N1Cc1ccccc1)NS(=O)(=O)c1nc(Cl)cs1. The van der Waals surface area contributed by atoms with Gasteiger partial charge in [0.2, 0.25) is 10.2 Å². The highest BCUT2D eigenvalue weighted by atomic mass is 35.5. The number of carbonyl (C=O) groups is 3. The molecule has 3 aromatic rings. The van der Waals surface area contributed by atoms with Gasteiger partial charge >= 0.3 is 0 Å². The minimum absolute atomic E-state index is 0.01000. The van der Waals surface area contributed by atoms with Gasteiger partial charge in [-0.1, -0.05) is 60.1 Å². The first kappa shape index (κ1) is 22.9. The van der Waals surface area contributed by atoms with Gasteiger partial charge in [0.1, 0.15) is 11.2 Å². The van der Waals surface area contributed by atoms with Gasteiger partial charge in [-0.05, 0) is 17.2 Å². The molecule has 0 bridgehead atoms. The molecule has 2 aromatic carbocycles. The Labute approximate surface area is 198 Å². The Morgan fingerprint density at radius 3 is 2.48 bits per heavy atom. The van der Waals surface area contributed by atoms with Crippen molar-refractivity contribution in [2.24, 2.45) is 0 Å². The minimum Gasteiger partial charge on any atom is -0.345 e. The number of nitrogens with one attached hydrogen (secondary N) is 2. The van der Waals surface area contributed by atoms with Crippen molar-refractivity contribution in [2.75, 3.05) is 6.54 Å². The summed E-state index contributed by atoms with van der Waals surface area (Å²) >= 11 is 6.40. The van der Waals surface area contributed by atoms with Gasteiger partial charge in [0.05, 0.1) is 6.54 Å². The zero-order valence-corrected chi connectivity index (χ0v) is 19.3. The van der Waals surface area contributed by atoms with Crippen molar-refractivity contribution < 1.29 is 22.8 Å². The van der Waals surface area contributed by atoms with Gasteiger partial charge in [-0.15, -0.1) is 11.3 Å². The number of amides is 3. The number of sulfonamides is 1. The average Bonchev–Trinajstić information content (AvgIpc) is 3.35. The maximum atomic E-state index is 13.0. The van der Waals surface area contributed by atoms with Gasteiger partial charge in [0, 0.05) is 17.5 Å². The Morgan fingerprint density at radius 2 is 1.79 bits per heavy atom. The quantitative estimate of drug-likeness (QED) is 0.507. The van der Waals surface area contributed by atoms with Crippen LogP contribution in [0.2, 0.25) is 5.15 Å². The van der Waals surface area contributed by atoms with E-state index in [1.807, 2.05) is 35.1 Å². The number of aromatic nitrogens is 1. The summed E-state index contributed by atoms with van der Waals surface area (Å²) in [5, 5.41) is 3.74. The lowest BCUT2D eigenvalue weighted by Crippen LogP contribution is -2.44. The highest BCUT2D eigenvalue weighted by Crippen LogP contribution is 2.34. The molecule has 0 aliphatic carbocycles. The lowest BCUT2D eigenvalue weighted by Gasteiger charge is -2.24. The molecule has 0 radical (unpaired) electrons. The molecule has 1 unspecified atom stereocenters. The Morgan fingerprint density at radius 1 is 1.09 bits per heavy atom. The Kier molecular flexibility index (Phi) is 6.45. The second kappa shape index (κ2) is 9.30. The summed E-state index contributed by atoms with van der Waals surface area (Å²) in [6.45, 7) is -0.416. The molecular weight excluding hydrogens is 488 g/mol. The average molecular weight is 505 g/mol. The fourth-order valence-electron chi connectivity index (χ4n) is 3.45. The van der Waals surface area contributed by atoms with E-state index in [9.17, 15) is 22.8 Å². The minimum atomic E-state index is -4.21. The van der Waals surface area contributed by atoms with Gasteiger partial charge in [-0.3, -0.25) is 14.4 Å². The lowest BCUT2D eigenvalue weighted by molar-refractivity contribution is -0.128. The predicted octanol–water partition coefficient (Wildman–Crippen LogP) is 2.11. The summed E-state index contributed by atoms with van der Waals surface area (Å²) < 4.78 is 25.9. The molecule has 1 atom stereocenters. The molecule has 1 aliphatic rings. The van der Waals surface area contributed by atoms with E-state index in [2.05, 4.69) is 10.3 Å². The number of hydrogen-bond acceptors (Lipinski definition) is 7. The summed E-state index contributed by atoms with van der Waals surface area (Å²) in [5.74, 6) is -1.86. The molecule has 0 saturated heterocycles. The summed E-state index contributed by atoms with van der Waals surface area (Å²) in [5.41, 5.74) is 1.75. The second-order valence-electron chi connectivity index (χ2n) is 7.09. The number of carbonyl (C=O) groups excluding carboxylic acids is 3. The van der Waals surface area contributed by atoms with Gasteiger partial charge < -0.3 is 10.2 Å². The van der Waals surface area contributed by atoms with Gasteiger partial charge in [0.25, 0.3) is 21.8 Å². The van der Waals surface area contributed by atoms with Crippen LogP contribution in [0.25, 0.3) is 0 Å². The third-order valence-electron chi connectivity index (χ3n) is 4.86. The number of nitrogens with zero attached hydrogens (tertiary/aromatic N) is 2. The number of fused-ring (bicyclic) bond motifs is 1. The van der Waals surface area contributed by atoms with Crippen LogP contribution in [0, 0.1) is 0 Å². The fraction of sp³-hybridized carbons (Fsp3) is 0.143. The number of rotatable bonds is 7. The zero-order valence-electron chi connectivity index (χ0n) is 16.9. The van der Waals surface area contributed by atoms with Crippen LogP contribution in [0.5, 0.6) is 0 Å². The van der Waals surface area contributed by atoms with E-state index in [1.165, 1.54) is 10.3 Å². The van der Waals surface area contributed by atoms with E-state index in [-0.39, 0.29) is 21.9 Å². The largest absolute Gasteiger partial charge is 0.345 e. The van der Waals surface area contributed by atoms with Crippen LogP contribution < -0.4 is 10.0 Å². The molecule has 33 heavy (non-hydrogen) atoms. The van der Waals surface area contributed by atoms with E-state index in [1.54, 1.807) is 24.3 Å². The van der Waals surface area contributed by atoms with E-state index in [0.29, 0.717) is 11.1 Å². The highest BCUT2D eigenvalue weighted by molar-refractivity contribution is 7.92. The molecule has 2 heterocycles. The molecule has 12 heteroatoms. The molecule has 9 nitrogen and oxygen atoms in total. The zero-order chi connectivity index (χ0) is 23.6. The number of hydrogen-bond donors (Lipinski definition) is 2. The van der Waals surface area contributed by atoms with Crippen molar-refractivity contribution in [3.8, 4) is 0 Å². The van der Waals surface area contributed by atoms with E-state index in [0.717, 1.165) is 16.9 Å². The summed E-state index contributed by atoms with van der Waals surface area (Å²) in [6.07, 6.45) is 0. The van der Waals surface area contributed by atoms with Gasteiger partial charge in [0.15, 0.2) is 0 Å². The van der Waals surface area contributed by atoms with Crippen molar-refractivity contribution in [3.05, 3.63) is 81.8 Å². The van der Waals surface area contributed by atoms with Crippen LogP contribution in [0.4, 0.5) is 0 Å². The number of benzene rings is 2. The molecule has 0 spiro atoms. The van der Waals surface area contributed by atoms with Crippen LogP contribution in [0.1, 0.15) is 27.5 Å². The van der Waals surface area contributed by atoms with E-state index in [4.69, 9.17) is 11.6 Å². The molecule has 1 aliphatic heterocycles. The molecule has 0 saturated carbocycles. The molecule has 3 amide bonds. The topological polar surface area (TPSA) is 126 Å². The van der Waals surface area contributed by atoms with E-state index >= 15 is 0 Å². The van der Waals surface area contributed by atoms with Crippen molar-refractivity contribution in [1.29, 1.82) is 0 Å². The van der Waals surface area contributed by atoms with Crippen molar-refractivity contribution >= 4 is 50.7 Å². The number of thiazole rings is 1. The first-order valence-corrected chi connectivity index (χ1v) is 12.4. The van der Waals surface area contributed by atoms with Crippen LogP contribution in [0.3, 0.4) is 0 Å². The summed E-state index contributed by atoms with van der Waals surface area (Å²) in [4.78, 5) is 43.3. The molecule has 0 fully saturated rings. The second-order valence-corrected chi connectivity index (χ2v) is 10.2. The molecule has 1 aromatic heterocycles. The first-order valence-electron chi connectivity index (χ1n) is 9.64. The number of halogens is 1. The molecule has 170 valence electrons. The highest BCUT2D eigenvalue weighted by Gasteiger charge is 2.40. The van der Waals surface area contributed by atoms with E-state index < -0.39 is 34.4 Å². The van der Waals surface area contributed by atoms with Crippen molar-refractivity contribution in [3.63, 3.8) is 0 Å². The summed E-state index contributed by atoms with van der Waals surface area (Å²) in [6, 6.07) is 15.0. The lowest BCUT2D eigenvalue weighted by atomic mass is 10.0. The maximum absolute atomic E-state index is 13.0. The summed E-state index contributed by atoms with van der Waals surface area (Å²) in [7, 11) is -4.21. The molecule has 2 N–H and O–H groups in total. The monoisotopic (exact) mass is 504 g/mol. The fourth-order valence-corrected chi connectivity index (χ4v) is 5.63. The molecule has 4 rings (SSSR count). The predicted molar refractivity (Wildman–Crippen MR) is 121 cm³/mol. The van der Waals surface area contributed by atoms with Crippen LogP contribution in [-0.2, 0) is 26.2 Å². The van der Waals surface area contributed by atoms with Crippen molar-refractivity contribution in [1.82, 2.24) is 19.9 Å². The van der Waals surface area contributed by atoms with Gasteiger partial charge in [-0.25, -0.2) is 9.71 Å². The first-order chi connectivity index (χ1) is 15.8. The van der Waals surface area contributed by atoms with Crippen LogP contribution in [-0.4, -0.2) is 42.6 Å². The Bertz CT molecular complexity index is 1330. The standard InChI is InChI=1S/C21H17ClN4O5S2/c22-16-12-32-21(24-16)33(30,31)25-17(27)10-23-19(28)18-14-8-4-5-9-15(14)20(29)26(18)11-13-6-2-1-3-7-13/h1-9,12,18H,10-11H2,(H,23,28)(H,25,27). The third-order valence-corrected chi connectivity index (χ3v) is 7.81. The van der Waals surface area contributed by atoms with Crippen LogP contribution >= 0.6 is 22.9 Å². The van der Waals surface area contributed by atoms with Crippen molar-refractivity contribution in [2.45, 2.75) is 16.9 Å². The van der Waals surface area contributed by atoms with Crippen LogP contribution in [0.15, 0.2) is 64.3 Å². The van der Waals surface area contributed by atoms with Gasteiger partial charge in [-0.2, -0.15) is 8.42 Å². The Hall–Kier alpha value is -3.28. The third kappa shape index (κ3) is 4.90. The Balaban J connectivity index is 1.48. The normalized spacial score (nSPS) is 15.2.